The number of amides is 1. The molecule has 5 nitrogen and oxygen atoms in total. The van der Waals surface area contributed by atoms with Crippen molar-refractivity contribution in [3.8, 4) is 0 Å². The zero-order chi connectivity index (χ0) is 16.8. The van der Waals surface area contributed by atoms with E-state index in [9.17, 15) is 9.59 Å². The minimum atomic E-state index is -0.274. The van der Waals surface area contributed by atoms with Crippen LogP contribution in [0, 0.1) is 5.92 Å². The van der Waals surface area contributed by atoms with E-state index in [1.807, 2.05) is 6.92 Å². The van der Waals surface area contributed by atoms with Crippen molar-refractivity contribution in [3.05, 3.63) is 22.1 Å². The van der Waals surface area contributed by atoms with Gasteiger partial charge in [-0.15, -0.1) is 0 Å². The predicted octanol–water partition coefficient (Wildman–Crippen LogP) is 2.90. The number of rotatable bonds is 6. The van der Waals surface area contributed by atoms with Crippen LogP contribution < -0.4 is 10.9 Å². The molecule has 1 aliphatic carbocycles. The number of carbonyl (C=O) groups excluding carboxylic acids is 1. The number of hydrogen-bond donors (Lipinski definition) is 2. The van der Waals surface area contributed by atoms with Crippen molar-refractivity contribution in [2.24, 2.45) is 5.92 Å². The van der Waals surface area contributed by atoms with Gasteiger partial charge in [0.05, 0.1) is 5.25 Å². The molecule has 1 aromatic heterocycles. The lowest BCUT2D eigenvalue weighted by Crippen LogP contribution is -2.44. The third-order valence-electron chi connectivity index (χ3n) is 4.38. The number of hydrogen-bond acceptors (Lipinski definition) is 4. The number of aromatic nitrogens is 2. The van der Waals surface area contributed by atoms with E-state index in [1.54, 1.807) is 0 Å². The first-order valence-corrected chi connectivity index (χ1v) is 9.44. The first-order chi connectivity index (χ1) is 11.0. The van der Waals surface area contributed by atoms with Gasteiger partial charge in [-0.2, -0.15) is 0 Å². The zero-order valence-corrected chi connectivity index (χ0v) is 15.0. The maximum absolute atomic E-state index is 12.4. The quantitative estimate of drug-likeness (QED) is 0.618. The van der Waals surface area contributed by atoms with Gasteiger partial charge in [0.2, 0.25) is 5.91 Å². The van der Waals surface area contributed by atoms with Gasteiger partial charge in [-0.25, -0.2) is 4.98 Å². The Kier molecular flexibility index (Phi) is 6.69. The predicted molar refractivity (Wildman–Crippen MR) is 93.7 cm³/mol. The minimum absolute atomic E-state index is 0.0253. The van der Waals surface area contributed by atoms with Crippen LogP contribution in [0.5, 0.6) is 0 Å². The molecule has 0 bridgehead atoms. The normalized spacial score (nSPS) is 22.6. The molecule has 1 heterocycles. The largest absolute Gasteiger partial charge is 0.352 e. The molecule has 128 valence electrons. The van der Waals surface area contributed by atoms with Crippen LogP contribution in [-0.2, 0) is 11.2 Å². The van der Waals surface area contributed by atoms with E-state index in [4.69, 9.17) is 0 Å². The number of nitrogens with zero attached hydrogens (tertiary/aromatic N) is 1. The molecular formula is C17H27N3O2S. The van der Waals surface area contributed by atoms with Crippen molar-refractivity contribution in [2.45, 2.75) is 75.7 Å². The fourth-order valence-electron chi connectivity index (χ4n) is 2.98. The molecule has 3 unspecified atom stereocenters. The van der Waals surface area contributed by atoms with Crippen LogP contribution in [-0.4, -0.2) is 27.2 Å². The number of thioether (sulfide) groups is 1. The SMILES string of the molecule is CCCc1cc(=O)[nH]c(SC(C)C(=O)NC2CCCCC2C)n1. The second kappa shape index (κ2) is 8.52. The standard InChI is InChI=1S/C17H27N3O2S/c1-4-7-13-10-15(21)20-17(18-13)23-12(3)16(22)19-14-9-6-5-8-11(14)2/h10-12,14H,4-9H2,1-3H3,(H,19,22)(H,18,20,21). The number of carbonyl (C=O) groups is 1. The van der Waals surface area contributed by atoms with Crippen molar-refractivity contribution < 1.29 is 4.79 Å². The summed E-state index contributed by atoms with van der Waals surface area (Å²) < 4.78 is 0. The molecule has 2 rings (SSSR count). The molecule has 1 amide bonds. The summed E-state index contributed by atoms with van der Waals surface area (Å²) in [4.78, 5) is 31.2. The molecule has 1 aromatic rings. The fourth-order valence-corrected chi connectivity index (χ4v) is 3.81. The maximum Gasteiger partial charge on any atom is 0.251 e. The molecule has 0 saturated heterocycles. The Labute approximate surface area is 142 Å². The second-order valence-electron chi connectivity index (χ2n) is 6.43. The van der Waals surface area contributed by atoms with Gasteiger partial charge >= 0.3 is 0 Å². The summed E-state index contributed by atoms with van der Waals surface area (Å²) in [5.74, 6) is 0.563. The Bertz CT molecular complexity index is 587. The topological polar surface area (TPSA) is 74.8 Å². The summed E-state index contributed by atoms with van der Waals surface area (Å²) in [5, 5.41) is 3.42. The van der Waals surface area contributed by atoms with Gasteiger partial charge in [-0.1, -0.05) is 44.9 Å². The fraction of sp³-hybridized carbons (Fsp3) is 0.706. The molecule has 6 heteroatoms. The Morgan fingerprint density at radius 2 is 2.22 bits per heavy atom. The van der Waals surface area contributed by atoms with E-state index >= 15 is 0 Å². The van der Waals surface area contributed by atoms with Gasteiger partial charge in [0.15, 0.2) is 5.16 Å². The number of aromatic amines is 1. The van der Waals surface area contributed by atoms with E-state index in [2.05, 4.69) is 29.1 Å². The molecule has 0 aliphatic heterocycles. The third-order valence-corrected chi connectivity index (χ3v) is 5.36. The lowest BCUT2D eigenvalue weighted by Gasteiger charge is -2.30. The molecule has 23 heavy (non-hydrogen) atoms. The molecule has 0 aromatic carbocycles. The van der Waals surface area contributed by atoms with Crippen molar-refractivity contribution in [1.29, 1.82) is 0 Å². The molecule has 0 radical (unpaired) electrons. The highest BCUT2D eigenvalue weighted by Crippen LogP contribution is 2.25. The van der Waals surface area contributed by atoms with Crippen LogP contribution >= 0.6 is 11.8 Å². The van der Waals surface area contributed by atoms with Gasteiger partial charge in [0.1, 0.15) is 0 Å². The van der Waals surface area contributed by atoms with Gasteiger partial charge in [0, 0.05) is 17.8 Å². The second-order valence-corrected chi connectivity index (χ2v) is 7.76. The van der Waals surface area contributed by atoms with Gasteiger partial charge in [0.25, 0.3) is 5.56 Å². The third kappa shape index (κ3) is 5.37. The highest BCUT2D eigenvalue weighted by molar-refractivity contribution is 8.00. The van der Waals surface area contributed by atoms with E-state index in [-0.39, 0.29) is 22.8 Å². The summed E-state index contributed by atoms with van der Waals surface area (Å²) in [5.41, 5.74) is 0.631. The van der Waals surface area contributed by atoms with Crippen molar-refractivity contribution >= 4 is 17.7 Å². The Morgan fingerprint density at radius 1 is 1.48 bits per heavy atom. The van der Waals surface area contributed by atoms with E-state index in [0.717, 1.165) is 25.0 Å². The van der Waals surface area contributed by atoms with Crippen LogP contribution in [0.1, 0.15) is 58.6 Å². The Hall–Kier alpha value is -1.30. The summed E-state index contributed by atoms with van der Waals surface area (Å²) in [6.45, 7) is 6.12. The molecule has 1 fully saturated rings. The molecule has 2 N–H and O–H groups in total. The van der Waals surface area contributed by atoms with Gasteiger partial charge < -0.3 is 10.3 Å². The molecular weight excluding hydrogens is 310 g/mol. The van der Waals surface area contributed by atoms with E-state index in [1.165, 1.54) is 37.1 Å². The number of nitrogens with one attached hydrogen (secondary N) is 2. The van der Waals surface area contributed by atoms with Crippen molar-refractivity contribution in [2.75, 3.05) is 0 Å². The summed E-state index contributed by atoms with van der Waals surface area (Å²) in [7, 11) is 0. The smallest absolute Gasteiger partial charge is 0.251 e. The van der Waals surface area contributed by atoms with Crippen LogP contribution in [0.25, 0.3) is 0 Å². The Balaban J connectivity index is 1.96. The highest BCUT2D eigenvalue weighted by Gasteiger charge is 2.25. The van der Waals surface area contributed by atoms with Crippen LogP contribution in [0.3, 0.4) is 0 Å². The summed E-state index contributed by atoms with van der Waals surface area (Å²) >= 11 is 1.32. The lowest BCUT2D eigenvalue weighted by atomic mass is 9.86. The first kappa shape index (κ1) is 18.0. The molecule has 0 spiro atoms. The zero-order valence-electron chi connectivity index (χ0n) is 14.2. The first-order valence-electron chi connectivity index (χ1n) is 8.57. The minimum Gasteiger partial charge on any atom is -0.352 e. The molecule has 1 aliphatic rings. The molecule has 3 atom stereocenters. The van der Waals surface area contributed by atoms with Crippen molar-refractivity contribution in [3.63, 3.8) is 0 Å². The highest BCUT2D eigenvalue weighted by atomic mass is 32.2. The average molecular weight is 337 g/mol. The van der Waals surface area contributed by atoms with Crippen LogP contribution in [0.15, 0.2) is 16.0 Å². The molecule has 1 saturated carbocycles. The van der Waals surface area contributed by atoms with Gasteiger partial charge in [-0.05, 0) is 32.1 Å². The Morgan fingerprint density at radius 3 is 2.91 bits per heavy atom. The van der Waals surface area contributed by atoms with Crippen LogP contribution in [0.4, 0.5) is 0 Å². The lowest BCUT2D eigenvalue weighted by molar-refractivity contribution is -0.121. The van der Waals surface area contributed by atoms with Gasteiger partial charge in [-0.3, -0.25) is 9.59 Å². The van der Waals surface area contributed by atoms with E-state index < -0.39 is 0 Å². The van der Waals surface area contributed by atoms with Crippen LogP contribution in [0.2, 0.25) is 0 Å². The average Bonchev–Trinajstić information content (AvgIpc) is 2.49. The summed E-state index contributed by atoms with van der Waals surface area (Å²) in [6.07, 6.45) is 6.40. The number of H-pyrrole nitrogens is 1. The van der Waals surface area contributed by atoms with Crippen molar-refractivity contribution in [1.82, 2.24) is 15.3 Å². The summed E-state index contributed by atoms with van der Waals surface area (Å²) in [6, 6.07) is 1.81. The maximum atomic E-state index is 12.4. The monoisotopic (exact) mass is 337 g/mol. The number of aryl methyl sites for hydroxylation is 1. The van der Waals surface area contributed by atoms with E-state index in [0.29, 0.717) is 11.1 Å².